The Kier molecular flexibility index (Phi) is 8.08. The summed E-state index contributed by atoms with van der Waals surface area (Å²) in [6.45, 7) is 3.10. The van der Waals surface area contributed by atoms with Gasteiger partial charge in [-0.05, 0) is 42.8 Å². The summed E-state index contributed by atoms with van der Waals surface area (Å²) in [6, 6.07) is 13.3. The van der Waals surface area contributed by atoms with Crippen molar-refractivity contribution in [2.75, 3.05) is 25.1 Å². The molecule has 0 unspecified atom stereocenters. The molecule has 2 aromatic rings. The van der Waals surface area contributed by atoms with E-state index in [-0.39, 0.29) is 11.7 Å². The zero-order chi connectivity index (χ0) is 20.4. The minimum Gasteiger partial charge on any atom is -0.466 e. The number of hydrogen-bond donors (Lipinski definition) is 0. The minimum atomic E-state index is -0.457. The zero-order valence-electron chi connectivity index (χ0n) is 16.1. The smallest absolute Gasteiger partial charge is 0.307 e. The molecule has 8 nitrogen and oxygen atoms in total. The maximum atomic E-state index is 11.7. The molecule has 0 aliphatic rings. The van der Waals surface area contributed by atoms with E-state index in [2.05, 4.69) is 17.2 Å². The fourth-order valence-electron chi connectivity index (χ4n) is 2.32. The molecule has 0 aromatic heterocycles. The van der Waals surface area contributed by atoms with Gasteiger partial charge in [-0.1, -0.05) is 13.3 Å². The van der Waals surface area contributed by atoms with Crippen molar-refractivity contribution in [1.82, 2.24) is 0 Å². The number of unbranched alkanes of at least 4 members (excludes halogenated alkanes) is 1. The van der Waals surface area contributed by atoms with E-state index in [1.807, 2.05) is 36.2 Å². The summed E-state index contributed by atoms with van der Waals surface area (Å²) < 4.78 is 5.15. The number of azo groups is 1. The van der Waals surface area contributed by atoms with Crippen LogP contribution in [0.1, 0.15) is 26.2 Å². The van der Waals surface area contributed by atoms with Crippen LogP contribution < -0.4 is 4.90 Å². The summed E-state index contributed by atoms with van der Waals surface area (Å²) in [5.74, 6) is -0.186. The van der Waals surface area contributed by atoms with Gasteiger partial charge in [-0.25, -0.2) is 0 Å². The monoisotopic (exact) mass is 384 g/mol. The van der Waals surface area contributed by atoms with Crippen molar-refractivity contribution in [3.63, 3.8) is 0 Å². The molecule has 0 heterocycles. The summed E-state index contributed by atoms with van der Waals surface area (Å²) in [7, 11) is 1.91. The van der Waals surface area contributed by atoms with Crippen LogP contribution in [-0.4, -0.2) is 31.1 Å². The van der Waals surface area contributed by atoms with Crippen molar-refractivity contribution in [2.45, 2.75) is 26.2 Å². The van der Waals surface area contributed by atoms with E-state index < -0.39 is 4.92 Å². The van der Waals surface area contributed by atoms with Gasteiger partial charge in [-0.15, -0.1) is 0 Å². The lowest BCUT2D eigenvalue weighted by Gasteiger charge is -2.18. The molecule has 0 saturated heterocycles. The van der Waals surface area contributed by atoms with Gasteiger partial charge in [0.2, 0.25) is 0 Å². The number of nitro benzene ring substituents is 1. The number of esters is 1. The van der Waals surface area contributed by atoms with E-state index in [0.717, 1.165) is 18.5 Å². The third-order valence-electron chi connectivity index (χ3n) is 4.04. The number of carbonyl (C=O) groups is 1. The first-order valence-electron chi connectivity index (χ1n) is 9.12. The predicted octanol–water partition coefficient (Wildman–Crippen LogP) is 5.18. The van der Waals surface area contributed by atoms with E-state index in [1.54, 1.807) is 12.1 Å². The highest BCUT2D eigenvalue weighted by Gasteiger charge is 2.07. The Morgan fingerprint density at radius 1 is 1.07 bits per heavy atom. The maximum absolute atomic E-state index is 11.7. The minimum absolute atomic E-state index is 0.0144. The summed E-state index contributed by atoms with van der Waals surface area (Å²) in [6.07, 6.45) is 2.22. The molecule has 2 aromatic carbocycles. The van der Waals surface area contributed by atoms with Gasteiger partial charge in [0.05, 0.1) is 29.3 Å². The molecule has 0 amide bonds. The molecule has 28 heavy (non-hydrogen) atoms. The largest absolute Gasteiger partial charge is 0.466 e. The van der Waals surface area contributed by atoms with Gasteiger partial charge in [0.15, 0.2) is 0 Å². The van der Waals surface area contributed by atoms with Gasteiger partial charge in [0, 0.05) is 31.4 Å². The Balaban J connectivity index is 1.86. The van der Waals surface area contributed by atoms with E-state index in [1.165, 1.54) is 12.1 Å². The SMILES string of the molecule is CCCCOC(=O)CCN(C)c1ccc(N=Nc2ccc([N+](=O)[O-])cc2)cc1. The Morgan fingerprint density at radius 3 is 2.18 bits per heavy atom. The van der Waals surface area contributed by atoms with Crippen LogP contribution in [-0.2, 0) is 9.53 Å². The van der Waals surface area contributed by atoms with Gasteiger partial charge in [0.1, 0.15) is 0 Å². The molecule has 148 valence electrons. The van der Waals surface area contributed by atoms with Crippen molar-refractivity contribution in [2.24, 2.45) is 10.2 Å². The van der Waals surface area contributed by atoms with Gasteiger partial charge < -0.3 is 9.64 Å². The Bertz CT molecular complexity index is 804. The molecule has 0 saturated carbocycles. The van der Waals surface area contributed by atoms with Gasteiger partial charge in [0.25, 0.3) is 5.69 Å². The second-order valence-corrected chi connectivity index (χ2v) is 6.24. The van der Waals surface area contributed by atoms with Crippen LogP contribution in [0.25, 0.3) is 0 Å². The van der Waals surface area contributed by atoms with E-state index >= 15 is 0 Å². The van der Waals surface area contributed by atoms with E-state index in [4.69, 9.17) is 4.74 Å². The number of nitrogens with zero attached hydrogens (tertiary/aromatic N) is 4. The standard InChI is InChI=1S/C20H24N4O4/c1-3-4-15-28-20(25)13-14-23(2)18-9-5-16(6-10-18)21-22-17-7-11-19(12-8-17)24(26)27/h5-12H,3-4,13-15H2,1-2H3. The molecule has 0 atom stereocenters. The second kappa shape index (κ2) is 10.8. The van der Waals surface area contributed by atoms with Gasteiger partial charge >= 0.3 is 5.97 Å². The molecule has 0 aliphatic carbocycles. The second-order valence-electron chi connectivity index (χ2n) is 6.24. The van der Waals surface area contributed by atoms with Crippen LogP contribution in [0.4, 0.5) is 22.7 Å². The molecular weight excluding hydrogens is 360 g/mol. The fourth-order valence-corrected chi connectivity index (χ4v) is 2.32. The van der Waals surface area contributed by atoms with Gasteiger partial charge in [-0.3, -0.25) is 14.9 Å². The number of benzene rings is 2. The van der Waals surface area contributed by atoms with Crippen LogP contribution in [0.3, 0.4) is 0 Å². The first kappa shape index (κ1) is 21.0. The third-order valence-corrected chi connectivity index (χ3v) is 4.04. The van der Waals surface area contributed by atoms with E-state index in [9.17, 15) is 14.9 Å². The van der Waals surface area contributed by atoms with Crippen molar-refractivity contribution in [3.05, 3.63) is 58.6 Å². The Morgan fingerprint density at radius 2 is 1.64 bits per heavy atom. The average molecular weight is 384 g/mol. The normalized spacial score (nSPS) is 10.8. The highest BCUT2D eigenvalue weighted by atomic mass is 16.6. The number of hydrogen-bond acceptors (Lipinski definition) is 7. The van der Waals surface area contributed by atoms with E-state index in [0.29, 0.717) is 30.9 Å². The predicted molar refractivity (Wildman–Crippen MR) is 107 cm³/mol. The van der Waals surface area contributed by atoms with Crippen molar-refractivity contribution in [1.29, 1.82) is 0 Å². The number of ether oxygens (including phenoxy) is 1. The molecular formula is C20H24N4O4. The van der Waals surface area contributed by atoms with Crippen LogP contribution in [0.2, 0.25) is 0 Å². The molecule has 0 aliphatic heterocycles. The lowest BCUT2D eigenvalue weighted by molar-refractivity contribution is -0.384. The molecule has 0 bridgehead atoms. The number of anilines is 1. The molecule has 8 heteroatoms. The van der Waals surface area contributed by atoms with Crippen molar-refractivity contribution in [3.8, 4) is 0 Å². The third kappa shape index (κ3) is 6.79. The number of nitro groups is 1. The summed E-state index contributed by atoms with van der Waals surface area (Å²) >= 11 is 0. The van der Waals surface area contributed by atoms with Crippen LogP contribution in [0.15, 0.2) is 58.8 Å². The maximum Gasteiger partial charge on any atom is 0.307 e. The molecule has 0 radical (unpaired) electrons. The number of non-ortho nitro benzene ring substituents is 1. The van der Waals surface area contributed by atoms with Crippen LogP contribution in [0, 0.1) is 10.1 Å². The topological polar surface area (TPSA) is 97.4 Å². The number of carbonyl (C=O) groups excluding carboxylic acids is 1. The summed E-state index contributed by atoms with van der Waals surface area (Å²) in [4.78, 5) is 23.8. The average Bonchev–Trinajstić information content (AvgIpc) is 2.71. The first-order chi connectivity index (χ1) is 13.5. The lowest BCUT2D eigenvalue weighted by Crippen LogP contribution is -2.22. The molecule has 2 rings (SSSR count). The highest BCUT2D eigenvalue weighted by Crippen LogP contribution is 2.23. The molecule has 0 spiro atoms. The first-order valence-corrected chi connectivity index (χ1v) is 9.12. The quantitative estimate of drug-likeness (QED) is 0.185. The van der Waals surface area contributed by atoms with Crippen LogP contribution in [0.5, 0.6) is 0 Å². The molecule has 0 N–H and O–H groups in total. The van der Waals surface area contributed by atoms with Crippen LogP contribution >= 0.6 is 0 Å². The Labute approximate surface area is 164 Å². The highest BCUT2D eigenvalue weighted by molar-refractivity contribution is 5.70. The zero-order valence-corrected chi connectivity index (χ0v) is 16.1. The fraction of sp³-hybridized carbons (Fsp3) is 0.350. The number of rotatable bonds is 10. The van der Waals surface area contributed by atoms with Crippen molar-refractivity contribution < 1.29 is 14.5 Å². The molecule has 0 fully saturated rings. The lowest BCUT2D eigenvalue weighted by atomic mass is 10.2. The van der Waals surface area contributed by atoms with Crippen molar-refractivity contribution >= 4 is 28.7 Å². The summed E-state index contributed by atoms with van der Waals surface area (Å²) in [5, 5.41) is 18.8. The summed E-state index contributed by atoms with van der Waals surface area (Å²) in [5.41, 5.74) is 2.17. The van der Waals surface area contributed by atoms with Gasteiger partial charge in [-0.2, -0.15) is 10.2 Å². The Hall–Kier alpha value is -3.29.